The maximum Gasteiger partial charge on any atom is 0.282 e. The molecule has 0 bridgehead atoms. The van der Waals surface area contributed by atoms with Crippen molar-refractivity contribution in [3.05, 3.63) is 114 Å². The summed E-state index contributed by atoms with van der Waals surface area (Å²) in [6.07, 6.45) is 1.82. The lowest BCUT2D eigenvalue weighted by Gasteiger charge is -2.20. The van der Waals surface area contributed by atoms with Gasteiger partial charge >= 0.3 is 0 Å². The van der Waals surface area contributed by atoms with Crippen molar-refractivity contribution in [2.45, 2.75) is 0 Å². The third-order valence-corrected chi connectivity index (χ3v) is 5.32. The number of hydrogen-bond donors (Lipinski definition) is 0. The molecule has 0 atom stereocenters. The molecule has 1 aliphatic rings. The van der Waals surface area contributed by atoms with Gasteiger partial charge in [-0.2, -0.15) is 0 Å². The minimum absolute atomic E-state index is 0.147. The summed E-state index contributed by atoms with van der Waals surface area (Å²) < 4.78 is 5.23. The summed E-state index contributed by atoms with van der Waals surface area (Å²) in [6, 6.07) is 31.4. The molecule has 5 rings (SSSR count). The average molecular weight is 404 g/mol. The van der Waals surface area contributed by atoms with E-state index >= 15 is 0 Å². The monoisotopic (exact) mass is 404 g/mol. The molecule has 0 N–H and O–H groups in total. The molecular weight excluding hydrogens is 384 g/mol. The predicted octanol–water partition coefficient (Wildman–Crippen LogP) is 5.68. The van der Waals surface area contributed by atoms with Crippen molar-refractivity contribution in [2.75, 3.05) is 12.0 Å². The SMILES string of the molecule is COc1ccc(/C=C2/N=C(c3ccccc3)N(c3cccc4ccccc34)C2=O)cc1. The first-order chi connectivity index (χ1) is 15.2. The molecule has 31 heavy (non-hydrogen) atoms. The fraction of sp³-hybridized carbons (Fsp3) is 0.0370. The number of carbonyl (C=O) groups excluding carboxylic acids is 1. The van der Waals surface area contributed by atoms with Crippen LogP contribution in [0.25, 0.3) is 16.8 Å². The van der Waals surface area contributed by atoms with Crippen LogP contribution in [0.1, 0.15) is 11.1 Å². The second-order valence-corrected chi connectivity index (χ2v) is 7.24. The van der Waals surface area contributed by atoms with Crippen LogP contribution >= 0.6 is 0 Å². The molecule has 0 aliphatic carbocycles. The van der Waals surface area contributed by atoms with Crippen molar-refractivity contribution >= 4 is 34.3 Å². The smallest absolute Gasteiger partial charge is 0.282 e. The Hall–Kier alpha value is -4.18. The number of anilines is 1. The van der Waals surface area contributed by atoms with Gasteiger partial charge in [0.05, 0.1) is 12.8 Å². The van der Waals surface area contributed by atoms with E-state index in [1.807, 2.05) is 103 Å². The van der Waals surface area contributed by atoms with Gasteiger partial charge in [0.2, 0.25) is 0 Å². The van der Waals surface area contributed by atoms with Crippen LogP contribution in [-0.2, 0) is 4.79 Å². The molecule has 0 saturated carbocycles. The molecular formula is C27H20N2O2. The van der Waals surface area contributed by atoms with Gasteiger partial charge in [0.25, 0.3) is 5.91 Å². The summed E-state index contributed by atoms with van der Waals surface area (Å²) in [5, 5.41) is 2.08. The van der Waals surface area contributed by atoms with E-state index in [4.69, 9.17) is 9.73 Å². The largest absolute Gasteiger partial charge is 0.497 e. The van der Waals surface area contributed by atoms with E-state index in [2.05, 4.69) is 0 Å². The minimum Gasteiger partial charge on any atom is -0.497 e. The highest BCUT2D eigenvalue weighted by atomic mass is 16.5. The van der Waals surface area contributed by atoms with Crippen molar-refractivity contribution < 1.29 is 9.53 Å². The molecule has 4 heteroatoms. The number of nitrogens with zero attached hydrogens (tertiary/aromatic N) is 2. The van der Waals surface area contributed by atoms with Crippen LogP contribution in [0.4, 0.5) is 5.69 Å². The topological polar surface area (TPSA) is 41.9 Å². The summed E-state index contributed by atoms with van der Waals surface area (Å²) >= 11 is 0. The fourth-order valence-electron chi connectivity index (χ4n) is 3.78. The number of rotatable bonds is 4. The van der Waals surface area contributed by atoms with Gasteiger partial charge in [0.15, 0.2) is 0 Å². The molecule has 0 radical (unpaired) electrons. The van der Waals surface area contributed by atoms with E-state index < -0.39 is 0 Å². The van der Waals surface area contributed by atoms with Gasteiger partial charge < -0.3 is 4.74 Å². The maximum atomic E-state index is 13.6. The zero-order chi connectivity index (χ0) is 21.2. The van der Waals surface area contributed by atoms with E-state index in [1.54, 1.807) is 12.0 Å². The Morgan fingerprint density at radius 3 is 2.29 bits per heavy atom. The molecule has 4 nitrogen and oxygen atoms in total. The number of amidine groups is 1. The van der Waals surface area contributed by atoms with Crippen LogP contribution in [0.5, 0.6) is 5.75 Å². The lowest BCUT2D eigenvalue weighted by atomic mass is 10.1. The molecule has 1 amide bonds. The Morgan fingerprint density at radius 1 is 0.806 bits per heavy atom. The molecule has 0 aromatic heterocycles. The highest BCUT2D eigenvalue weighted by Gasteiger charge is 2.33. The van der Waals surface area contributed by atoms with E-state index in [9.17, 15) is 4.79 Å². The minimum atomic E-state index is -0.147. The van der Waals surface area contributed by atoms with Gasteiger partial charge in [0.1, 0.15) is 17.3 Å². The first kappa shape index (κ1) is 18.8. The number of benzene rings is 4. The number of amides is 1. The Kier molecular flexibility index (Phi) is 4.81. The number of fused-ring (bicyclic) bond motifs is 1. The normalized spacial score (nSPS) is 14.9. The predicted molar refractivity (Wildman–Crippen MR) is 125 cm³/mol. The Morgan fingerprint density at radius 2 is 1.52 bits per heavy atom. The second kappa shape index (κ2) is 7.92. The van der Waals surface area contributed by atoms with E-state index in [0.717, 1.165) is 33.3 Å². The summed E-state index contributed by atoms with van der Waals surface area (Å²) in [4.78, 5) is 20.1. The molecule has 0 fully saturated rings. The Labute approximate surface area is 180 Å². The van der Waals surface area contributed by atoms with Crippen molar-refractivity contribution in [2.24, 2.45) is 4.99 Å². The van der Waals surface area contributed by atoms with Gasteiger partial charge in [-0.1, -0.05) is 78.9 Å². The number of carbonyl (C=O) groups is 1. The summed E-state index contributed by atoms with van der Waals surface area (Å²) in [6.45, 7) is 0. The molecule has 4 aromatic rings. The summed E-state index contributed by atoms with van der Waals surface area (Å²) in [7, 11) is 1.63. The summed E-state index contributed by atoms with van der Waals surface area (Å²) in [5.74, 6) is 1.25. The molecule has 4 aromatic carbocycles. The van der Waals surface area contributed by atoms with E-state index in [-0.39, 0.29) is 5.91 Å². The highest BCUT2D eigenvalue weighted by Crippen LogP contribution is 2.33. The van der Waals surface area contributed by atoms with Crippen molar-refractivity contribution in [1.29, 1.82) is 0 Å². The van der Waals surface area contributed by atoms with E-state index in [1.165, 1.54) is 0 Å². The Bertz CT molecular complexity index is 1320. The summed E-state index contributed by atoms with van der Waals surface area (Å²) in [5.41, 5.74) is 3.00. The van der Waals surface area contributed by atoms with Crippen molar-refractivity contribution in [1.82, 2.24) is 0 Å². The fourth-order valence-corrected chi connectivity index (χ4v) is 3.78. The number of hydrogen-bond acceptors (Lipinski definition) is 3. The molecule has 1 aliphatic heterocycles. The van der Waals surface area contributed by atoms with Crippen LogP contribution in [0.2, 0.25) is 0 Å². The maximum absolute atomic E-state index is 13.6. The van der Waals surface area contributed by atoms with Crippen LogP contribution in [-0.4, -0.2) is 18.9 Å². The van der Waals surface area contributed by atoms with Crippen LogP contribution < -0.4 is 9.64 Å². The lowest BCUT2D eigenvalue weighted by molar-refractivity contribution is -0.113. The first-order valence-electron chi connectivity index (χ1n) is 10.1. The molecule has 0 unspecified atom stereocenters. The van der Waals surface area contributed by atoms with Gasteiger partial charge in [0, 0.05) is 10.9 Å². The lowest BCUT2D eigenvalue weighted by Crippen LogP contribution is -2.32. The quantitative estimate of drug-likeness (QED) is 0.411. The molecule has 0 spiro atoms. The molecule has 1 heterocycles. The second-order valence-electron chi connectivity index (χ2n) is 7.24. The standard InChI is InChI=1S/C27H20N2O2/c1-31-22-16-14-19(15-17-22)18-24-27(30)29(26(28-24)21-9-3-2-4-10-21)25-13-7-11-20-8-5-6-12-23(20)25/h2-18H,1H3/b24-18+. The van der Waals surface area contributed by atoms with Gasteiger partial charge in [-0.3, -0.25) is 9.69 Å². The van der Waals surface area contributed by atoms with Gasteiger partial charge in [-0.15, -0.1) is 0 Å². The van der Waals surface area contributed by atoms with Crippen LogP contribution in [0, 0.1) is 0 Å². The average Bonchev–Trinajstić information content (AvgIpc) is 3.15. The number of ether oxygens (including phenoxy) is 1. The van der Waals surface area contributed by atoms with Crippen molar-refractivity contribution in [3.63, 3.8) is 0 Å². The van der Waals surface area contributed by atoms with E-state index in [0.29, 0.717) is 11.5 Å². The van der Waals surface area contributed by atoms with Crippen LogP contribution in [0.15, 0.2) is 108 Å². The Balaban J connectivity index is 1.65. The van der Waals surface area contributed by atoms with Gasteiger partial charge in [-0.25, -0.2) is 4.99 Å². The number of methoxy groups -OCH3 is 1. The molecule has 0 saturated heterocycles. The van der Waals surface area contributed by atoms with Crippen molar-refractivity contribution in [3.8, 4) is 5.75 Å². The molecule has 150 valence electrons. The number of aliphatic imine (C=N–C) groups is 1. The zero-order valence-electron chi connectivity index (χ0n) is 17.0. The third kappa shape index (κ3) is 3.49. The third-order valence-electron chi connectivity index (χ3n) is 5.32. The van der Waals surface area contributed by atoms with Gasteiger partial charge in [-0.05, 0) is 35.2 Å². The highest BCUT2D eigenvalue weighted by molar-refractivity contribution is 6.34. The van der Waals surface area contributed by atoms with Crippen LogP contribution in [0.3, 0.4) is 0 Å². The first-order valence-corrected chi connectivity index (χ1v) is 10.1. The zero-order valence-corrected chi connectivity index (χ0v) is 17.0.